The van der Waals surface area contributed by atoms with Crippen LogP contribution in [0.4, 0.5) is 0 Å². The van der Waals surface area contributed by atoms with Crippen molar-refractivity contribution in [3.05, 3.63) is 34.9 Å². The van der Waals surface area contributed by atoms with Crippen molar-refractivity contribution in [3.63, 3.8) is 0 Å². The van der Waals surface area contributed by atoms with Crippen molar-refractivity contribution >= 4 is 5.91 Å². The van der Waals surface area contributed by atoms with Gasteiger partial charge < -0.3 is 11.1 Å². The zero-order chi connectivity index (χ0) is 14.5. The van der Waals surface area contributed by atoms with E-state index in [0.717, 1.165) is 6.42 Å². The van der Waals surface area contributed by atoms with Gasteiger partial charge in [0.25, 0.3) is 0 Å². The SMILES string of the molecule is CC(CCN)C(=O)NC(C)c1ccc2c(c1)CCCC2. The largest absolute Gasteiger partial charge is 0.349 e. The molecular weight excluding hydrogens is 248 g/mol. The minimum atomic E-state index is -0.0138. The van der Waals surface area contributed by atoms with Crippen LogP contribution in [0.1, 0.15) is 55.8 Å². The smallest absolute Gasteiger partial charge is 0.223 e. The van der Waals surface area contributed by atoms with Gasteiger partial charge in [0.2, 0.25) is 5.91 Å². The minimum Gasteiger partial charge on any atom is -0.349 e. The summed E-state index contributed by atoms with van der Waals surface area (Å²) in [7, 11) is 0. The lowest BCUT2D eigenvalue weighted by Gasteiger charge is -2.21. The second kappa shape index (κ2) is 6.89. The van der Waals surface area contributed by atoms with Crippen LogP contribution >= 0.6 is 0 Å². The Hall–Kier alpha value is -1.35. The summed E-state index contributed by atoms with van der Waals surface area (Å²) < 4.78 is 0. The molecule has 3 N–H and O–H groups in total. The normalized spacial score (nSPS) is 17.1. The standard InChI is InChI=1S/C17H26N2O/c1-12(9-10-18)17(20)19-13(2)15-8-7-14-5-3-4-6-16(14)11-15/h7-8,11-13H,3-6,9-10,18H2,1-2H3,(H,19,20). The van der Waals surface area contributed by atoms with E-state index in [1.807, 2.05) is 6.92 Å². The zero-order valence-electron chi connectivity index (χ0n) is 12.6. The van der Waals surface area contributed by atoms with Crippen LogP contribution in [0.2, 0.25) is 0 Å². The van der Waals surface area contributed by atoms with Crippen LogP contribution in [0.5, 0.6) is 0 Å². The van der Waals surface area contributed by atoms with Gasteiger partial charge in [-0.1, -0.05) is 25.1 Å². The molecule has 20 heavy (non-hydrogen) atoms. The second-order valence-electron chi connectivity index (χ2n) is 5.94. The number of hydrogen-bond acceptors (Lipinski definition) is 2. The summed E-state index contributed by atoms with van der Waals surface area (Å²) in [4.78, 5) is 12.0. The van der Waals surface area contributed by atoms with Crippen LogP contribution in [0.25, 0.3) is 0 Å². The van der Waals surface area contributed by atoms with Gasteiger partial charge in [0, 0.05) is 5.92 Å². The third-order valence-electron chi connectivity index (χ3n) is 4.28. The molecule has 110 valence electrons. The molecule has 0 heterocycles. The molecule has 0 spiro atoms. The van der Waals surface area contributed by atoms with Gasteiger partial charge in [0.15, 0.2) is 0 Å². The zero-order valence-corrected chi connectivity index (χ0v) is 12.6. The quantitative estimate of drug-likeness (QED) is 0.867. The lowest BCUT2D eigenvalue weighted by atomic mass is 9.89. The van der Waals surface area contributed by atoms with Gasteiger partial charge in [-0.05, 0) is 62.3 Å². The molecule has 3 heteroatoms. The van der Waals surface area contributed by atoms with Crippen LogP contribution in [0.3, 0.4) is 0 Å². The Bertz CT molecular complexity index is 470. The Labute approximate surface area is 121 Å². The van der Waals surface area contributed by atoms with E-state index in [-0.39, 0.29) is 17.9 Å². The highest BCUT2D eigenvalue weighted by molar-refractivity contribution is 5.78. The molecule has 1 aliphatic rings. The highest BCUT2D eigenvalue weighted by Crippen LogP contribution is 2.24. The van der Waals surface area contributed by atoms with E-state index >= 15 is 0 Å². The van der Waals surface area contributed by atoms with Crippen LogP contribution in [0, 0.1) is 5.92 Å². The predicted octanol–water partition coefficient (Wildman–Crippen LogP) is 2.73. The average molecular weight is 274 g/mol. The fourth-order valence-corrected chi connectivity index (χ4v) is 2.84. The van der Waals surface area contributed by atoms with Crippen molar-refractivity contribution in [3.8, 4) is 0 Å². The van der Waals surface area contributed by atoms with Crippen molar-refractivity contribution in [1.29, 1.82) is 0 Å². The molecular formula is C17H26N2O. The third kappa shape index (κ3) is 3.60. The topological polar surface area (TPSA) is 55.1 Å². The molecule has 2 atom stereocenters. The lowest BCUT2D eigenvalue weighted by Crippen LogP contribution is -2.32. The van der Waals surface area contributed by atoms with Crippen LogP contribution in [-0.4, -0.2) is 12.5 Å². The molecule has 1 aromatic carbocycles. The number of amides is 1. The molecule has 1 amide bonds. The Balaban J connectivity index is 2.02. The maximum atomic E-state index is 12.0. The summed E-state index contributed by atoms with van der Waals surface area (Å²) in [6.07, 6.45) is 5.69. The number of carbonyl (C=O) groups excluding carboxylic acids is 1. The molecule has 1 aliphatic carbocycles. The van der Waals surface area contributed by atoms with E-state index in [4.69, 9.17) is 5.73 Å². The average Bonchev–Trinajstić information content (AvgIpc) is 2.46. The number of aryl methyl sites for hydroxylation is 2. The van der Waals surface area contributed by atoms with E-state index in [9.17, 15) is 4.79 Å². The number of nitrogens with two attached hydrogens (primary N) is 1. The Morgan fingerprint density at radius 3 is 2.65 bits per heavy atom. The fraction of sp³-hybridized carbons (Fsp3) is 0.588. The third-order valence-corrected chi connectivity index (χ3v) is 4.28. The van der Waals surface area contributed by atoms with E-state index in [0.29, 0.717) is 6.54 Å². The molecule has 1 aromatic rings. The molecule has 0 saturated carbocycles. The highest BCUT2D eigenvalue weighted by atomic mass is 16.1. The highest BCUT2D eigenvalue weighted by Gasteiger charge is 2.17. The Morgan fingerprint density at radius 2 is 1.95 bits per heavy atom. The Kier molecular flexibility index (Phi) is 5.18. The van der Waals surface area contributed by atoms with Gasteiger partial charge in [-0.2, -0.15) is 0 Å². The first-order chi connectivity index (χ1) is 9.61. The number of carbonyl (C=O) groups is 1. The number of rotatable bonds is 5. The Morgan fingerprint density at radius 1 is 1.25 bits per heavy atom. The maximum absolute atomic E-state index is 12.0. The van der Waals surface area contributed by atoms with Crippen LogP contribution < -0.4 is 11.1 Å². The summed E-state index contributed by atoms with van der Waals surface area (Å²) in [6, 6.07) is 6.72. The maximum Gasteiger partial charge on any atom is 0.223 e. The molecule has 0 fully saturated rings. The van der Waals surface area contributed by atoms with Crippen molar-refractivity contribution in [2.75, 3.05) is 6.54 Å². The van der Waals surface area contributed by atoms with E-state index < -0.39 is 0 Å². The first-order valence-electron chi connectivity index (χ1n) is 7.74. The lowest BCUT2D eigenvalue weighted by molar-refractivity contribution is -0.125. The first kappa shape index (κ1) is 15.0. The predicted molar refractivity (Wildman–Crippen MR) is 82.5 cm³/mol. The molecule has 0 saturated heterocycles. The monoisotopic (exact) mass is 274 g/mol. The summed E-state index contributed by atoms with van der Waals surface area (Å²) in [5.41, 5.74) is 9.66. The van der Waals surface area contributed by atoms with Crippen molar-refractivity contribution in [1.82, 2.24) is 5.32 Å². The minimum absolute atomic E-state index is 0.0138. The van der Waals surface area contributed by atoms with E-state index in [2.05, 4.69) is 30.4 Å². The first-order valence-corrected chi connectivity index (χ1v) is 7.74. The van der Waals surface area contributed by atoms with Crippen molar-refractivity contribution < 1.29 is 4.79 Å². The number of fused-ring (bicyclic) bond motifs is 1. The summed E-state index contributed by atoms with van der Waals surface area (Å²) in [5, 5.41) is 3.09. The summed E-state index contributed by atoms with van der Waals surface area (Å²) in [5.74, 6) is 0.0840. The molecule has 0 radical (unpaired) electrons. The van der Waals surface area contributed by atoms with Gasteiger partial charge >= 0.3 is 0 Å². The molecule has 3 nitrogen and oxygen atoms in total. The molecule has 0 aliphatic heterocycles. The fourth-order valence-electron chi connectivity index (χ4n) is 2.84. The molecule has 0 bridgehead atoms. The molecule has 2 rings (SSSR count). The number of benzene rings is 1. The van der Waals surface area contributed by atoms with Crippen LogP contribution in [0.15, 0.2) is 18.2 Å². The molecule has 0 aromatic heterocycles. The van der Waals surface area contributed by atoms with Gasteiger partial charge in [0.1, 0.15) is 0 Å². The summed E-state index contributed by atoms with van der Waals surface area (Å²) >= 11 is 0. The summed E-state index contributed by atoms with van der Waals surface area (Å²) in [6.45, 7) is 4.54. The van der Waals surface area contributed by atoms with Crippen molar-refractivity contribution in [2.24, 2.45) is 11.7 Å². The number of nitrogens with one attached hydrogen (secondary N) is 1. The van der Waals surface area contributed by atoms with Gasteiger partial charge in [-0.25, -0.2) is 0 Å². The van der Waals surface area contributed by atoms with Crippen LogP contribution in [-0.2, 0) is 17.6 Å². The van der Waals surface area contributed by atoms with Crippen molar-refractivity contribution in [2.45, 2.75) is 52.0 Å². The van der Waals surface area contributed by atoms with Gasteiger partial charge in [-0.3, -0.25) is 4.79 Å². The van der Waals surface area contributed by atoms with Gasteiger partial charge in [0.05, 0.1) is 6.04 Å². The molecule has 2 unspecified atom stereocenters. The van der Waals surface area contributed by atoms with E-state index in [1.165, 1.54) is 42.4 Å². The van der Waals surface area contributed by atoms with Gasteiger partial charge in [-0.15, -0.1) is 0 Å². The second-order valence-corrected chi connectivity index (χ2v) is 5.94. The number of hydrogen-bond donors (Lipinski definition) is 2. The van der Waals surface area contributed by atoms with E-state index in [1.54, 1.807) is 0 Å².